The van der Waals surface area contributed by atoms with Crippen LogP contribution in [0.25, 0.3) is 10.9 Å². The van der Waals surface area contributed by atoms with Gasteiger partial charge in [-0.3, -0.25) is 4.79 Å². The van der Waals surface area contributed by atoms with Crippen LogP contribution < -0.4 is 4.90 Å². The summed E-state index contributed by atoms with van der Waals surface area (Å²) in [6.45, 7) is 3.67. The smallest absolute Gasteiger partial charge is 0.251 e. The van der Waals surface area contributed by atoms with Crippen molar-refractivity contribution in [1.29, 1.82) is 0 Å². The molecule has 2 aliphatic heterocycles. The lowest BCUT2D eigenvalue weighted by Crippen LogP contribution is -2.51. The third-order valence-electron chi connectivity index (χ3n) is 4.67. The molecule has 0 radical (unpaired) electrons. The number of rotatable bonds is 2. The van der Waals surface area contributed by atoms with Crippen molar-refractivity contribution >= 4 is 38.6 Å². The number of carbonyl (C=O) groups is 1. The molecule has 3 heterocycles. The Hall–Kier alpha value is -1.73. The molecule has 4 rings (SSSR count). The number of amides is 1. The Kier molecular flexibility index (Phi) is 4.37. The number of hydrogen-bond acceptors (Lipinski definition) is 5. The number of halogens is 1. The summed E-state index contributed by atoms with van der Waals surface area (Å²) < 4.78 is 6.53. The maximum Gasteiger partial charge on any atom is 0.251 e. The molecule has 2 saturated heterocycles. The maximum absolute atomic E-state index is 12.5. The van der Waals surface area contributed by atoms with Crippen LogP contribution in [0.3, 0.4) is 0 Å². The summed E-state index contributed by atoms with van der Waals surface area (Å²) in [5, 5.41) is 1.03. The van der Waals surface area contributed by atoms with Crippen molar-refractivity contribution in [1.82, 2.24) is 14.9 Å². The van der Waals surface area contributed by atoms with Crippen LogP contribution in [0.2, 0.25) is 0 Å². The Labute approximate surface area is 148 Å². The second kappa shape index (κ2) is 6.64. The molecule has 0 spiro atoms. The number of carbonyl (C=O) groups excluding carboxylic acids is 1. The molecule has 1 unspecified atom stereocenters. The number of piperazine rings is 1. The minimum absolute atomic E-state index is 0.141. The van der Waals surface area contributed by atoms with E-state index in [0.717, 1.165) is 47.1 Å². The summed E-state index contributed by atoms with van der Waals surface area (Å²) in [5.41, 5.74) is 0.932. The third kappa shape index (κ3) is 2.98. The molecule has 1 aromatic carbocycles. The van der Waals surface area contributed by atoms with E-state index in [-0.39, 0.29) is 12.0 Å². The molecule has 2 aliphatic rings. The molecule has 0 bridgehead atoms. The standard InChI is InChI=1S/C17H19BrN4O2/c18-12-3-4-14-13(10-12)16(20-11-19-14)21-5-7-22(8-6-21)17(23)15-2-1-9-24-15/h3-4,10-11,15H,1-2,5-9H2. The van der Waals surface area contributed by atoms with Crippen LogP contribution in [-0.4, -0.2) is 59.7 Å². The molecule has 0 aliphatic carbocycles. The van der Waals surface area contributed by atoms with Crippen molar-refractivity contribution in [2.75, 3.05) is 37.7 Å². The Morgan fingerprint density at radius 1 is 1.21 bits per heavy atom. The quantitative estimate of drug-likeness (QED) is 0.786. The highest BCUT2D eigenvalue weighted by molar-refractivity contribution is 9.10. The highest BCUT2D eigenvalue weighted by Crippen LogP contribution is 2.27. The summed E-state index contributed by atoms with van der Waals surface area (Å²) in [7, 11) is 0. The fourth-order valence-electron chi connectivity index (χ4n) is 3.38. The van der Waals surface area contributed by atoms with Crippen LogP contribution in [0.15, 0.2) is 29.0 Å². The lowest BCUT2D eigenvalue weighted by Gasteiger charge is -2.36. The van der Waals surface area contributed by atoms with E-state index in [1.807, 2.05) is 17.0 Å². The minimum Gasteiger partial charge on any atom is -0.368 e. The first-order valence-corrected chi connectivity index (χ1v) is 9.07. The molecule has 7 heteroatoms. The average Bonchev–Trinajstić information content (AvgIpc) is 3.15. The summed E-state index contributed by atoms with van der Waals surface area (Å²) in [6, 6.07) is 6.02. The van der Waals surface area contributed by atoms with E-state index in [9.17, 15) is 4.79 Å². The number of fused-ring (bicyclic) bond motifs is 1. The van der Waals surface area contributed by atoms with E-state index in [0.29, 0.717) is 19.7 Å². The van der Waals surface area contributed by atoms with Gasteiger partial charge in [0.1, 0.15) is 18.2 Å². The molecule has 0 saturated carbocycles. The fraction of sp³-hybridized carbons (Fsp3) is 0.471. The second-order valence-electron chi connectivity index (χ2n) is 6.17. The van der Waals surface area contributed by atoms with Crippen molar-refractivity contribution in [3.63, 3.8) is 0 Å². The van der Waals surface area contributed by atoms with Gasteiger partial charge in [-0.15, -0.1) is 0 Å². The molecule has 0 N–H and O–H groups in total. The predicted molar refractivity (Wildman–Crippen MR) is 95.0 cm³/mol. The highest BCUT2D eigenvalue weighted by atomic mass is 79.9. The topological polar surface area (TPSA) is 58.6 Å². The molecule has 1 amide bonds. The SMILES string of the molecule is O=C(C1CCCO1)N1CCN(c2ncnc3ccc(Br)cc23)CC1. The zero-order chi connectivity index (χ0) is 16.5. The van der Waals surface area contributed by atoms with Crippen LogP contribution in [0.1, 0.15) is 12.8 Å². The maximum atomic E-state index is 12.5. The summed E-state index contributed by atoms with van der Waals surface area (Å²) >= 11 is 3.52. The van der Waals surface area contributed by atoms with Gasteiger partial charge in [-0.2, -0.15) is 0 Å². The summed E-state index contributed by atoms with van der Waals surface area (Å²) in [5.74, 6) is 1.08. The largest absolute Gasteiger partial charge is 0.368 e. The van der Waals surface area contributed by atoms with E-state index >= 15 is 0 Å². The number of ether oxygens (including phenoxy) is 1. The minimum atomic E-state index is -0.229. The number of benzene rings is 1. The fourth-order valence-corrected chi connectivity index (χ4v) is 3.74. The summed E-state index contributed by atoms with van der Waals surface area (Å²) in [4.78, 5) is 25.4. The van der Waals surface area contributed by atoms with Crippen LogP contribution in [0.5, 0.6) is 0 Å². The predicted octanol–water partition coefficient (Wildman–Crippen LogP) is 2.22. The van der Waals surface area contributed by atoms with Gasteiger partial charge in [0.05, 0.1) is 5.52 Å². The van der Waals surface area contributed by atoms with Gasteiger partial charge >= 0.3 is 0 Å². The third-order valence-corrected chi connectivity index (χ3v) is 5.17. The van der Waals surface area contributed by atoms with Crippen molar-refractivity contribution in [2.24, 2.45) is 0 Å². The monoisotopic (exact) mass is 390 g/mol. The molecule has 2 fully saturated rings. The van der Waals surface area contributed by atoms with Crippen molar-refractivity contribution in [2.45, 2.75) is 18.9 Å². The number of hydrogen-bond donors (Lipinski definition) is 0. The van der Waals surface area contributed by atoms with E-state index < -0.39 is 0 Å². The molecule has 24 heavy (non-hydrogen) atoms. The molecular weight excluding hydrogens is 372 g/mol. The van der Waals surface area contributed by atoms with E-state index in [1.165, 1.54) is 0 Å². The Morgan fingerprint density at radius 3 is 2.79 bits per heavy atom. The zero-order valence-electron chi connectivity index (χ0n) is 13.3. The van der Waals surface area contributed by atoms with Crippen molar-refractivity contribution in [3.8, 4) is 0 Å². The van der Waals surface area contributed by atoms with E-state index in [1.54, 1.807) is 6.33 Å². The van der Waals surface area contributed by atoms with Crippen molar-refractivity contribution < 1.29 is 9.53 Å². The van der Waals surface area contributed by atoms with Crippen LogP contribution in [-0.2, 0) is 9.53 Å². The van der Waals surface area contributed by atoms with Crippen molar-refractivity contribution in [3.05, 3.63) is 29.0 Å². The van der Waals surface area contributed by atoms with Gasteiger partial charge in [-0.25, -0.2) is 9.97 Å². The highest BCUT2D eigenvalue weighted by Gasteiger charge is 2.30. The van der Waals surface area contributed by atoms with Gasteiger partial charge in [-0.05, 0) is 31.0 Å². The Morgan fingerprint density at radius 2 is 2.04 bits per heavy atom. The van der Waals surface area contributed by atoms with E-state index in [4.69, 9.17) is 4.74 Å². The lowest BCUT2D eigenvalue weighted by molar-refractivity contribution is -0.141. The Balaban J connectivity index is 1.50. The lowest BCUT2D eigenvalue weighted by atomic mass is 10.2. The first-order chi connectivity index (χ1) is 11.7. The molecular formula is C17H19BrN4O2. The van der Waals surface area contributed by atoms with E-state index in [2.05, 4.69) is 36.9 Å². The Bertz CT molecular complexity index is 755. The second-order valence-corrected chi connectivity index (χ2v) is 7.09. The van der Waals surface area contributed by atoms with Gasteiger partial charge in [0.25, 0.3) is 5.91 Å². The van der Waals surface area contributed by atoms with Crippen LogP contribution in [0.4, 0.5) is 5.82 Å². The average molecular weight is 391 g/mol. The molecule has 1 atom stereocenters. The first-order valence-electron chi connectivity index (χ1n) is 8.28. The zero-order valence-corrected chi connectivity index (χ0v) is 14.9. The molecule has 1 aromatic heterocycles. The number of nitrogens with zero attached hydrogens (tertiary/aromatic N) is 4. The summed E-state index contributed by atoms with van der Waals surface area (Å²) in [6.07, 6.45) is 3.21. The van der Waals surface area contributed by atoms with Gasteiger partial charge in [0, 0.05) is 42.6 Å². The van der Waals surface area contributed by atoms with Gasteiger partial charge < -0.3 is 14.5 Å². The van der Waals surface area contributed by atoms with Gasteiger partial charge in [0.15, 0.2) is 0 Å². The van der Waals surface area contributed by atoms with Crippen LogP contribution in [0, 0.1) is 0 Å². The molecule has 126 valence electrons. The molecule has 6 nitrogen and oxygen atoms in total. The van der Waals surface area contributed by atoms with Gasteiger partial charge in [0.2, 0.25) is 0 Å². The molecule has 2 aromatic rings. The first kappa shape index (κ1) is 15.8. The number of aromatic nitrogens is 2. The van der Waals surface area contributed by atoms with Crippen LogP contribution >= 0.6 is 15.9 Å². The number of anilines is 1. The van der Waals surface area contributed by atoms with Gasteiger partial charge in [-0.1, -0.05) is 15.9 Å². The normalized spacial score (nSPS) is 21.5.